The maximum Gasteiger partial charge on any atom is 0.410 e. The van der Waals surface area contributed by atoms with E-state index in [1.165, 1.54) is 0 Å². The SMILES string of the molecule is CC(C)(C)OC(=O)N1CC[C@H](COc2cnccn2)C1. The van der Waals surface area contributed by atoms with Crippen LogP contribution >= 0.6 is 0 Å². The van der Waals surface area contributed by atoms with Crippen molar-refractivity contribution in [2.45, 2.75) is 32.8 Å². The average Bonchev–Trinajstić information content (AvgIpc) is 2.84. The molecule has 1 aromatic heterocycles. The van der Waals surface area contributed by atoms with E-state index in [9.17, 15) is 4.79 Å². The number of aromatic nitrogens is 2. The van der Waals surface area contributed by atoms with Gasteiger partial charge < -0.3 is 14.4 Å². The third-order valence-corrected chi connectivity index (χ3v) is 2.94. The van der Waals surface area contributed by atoms with Gasteiger partial charge >= 0.3 is 6.09 Å². The van der Waals surface area contributed by atoms with Crippen molar-refractivity contribution >= 4 is 6.09 Å². The molecule has 0 unspecified atom stereocenters. The summed E-state index contributed by atoms with van der Waals surface area (Å²) in [5.74, 6) is 0.827. The third kappa shape index (κ3) is 4.36. The molecule has 0 saturated carbocycles. The Labute approximate surface area is 119 Å². The number of nitrogens with zero attached hydrogens (tertiary/aromatic N) is 3. The Morgan fingerprint density at radius 3 is 2.90 bits per heavy atom. The molecular weight excluding hydrogens is 258 g/mol. The van der Waals surface area contributed by atoms with Gasteiger partial charge in [-0.2, -0.15) is 0 Å². The fraction of sp³-hybridized carbons (Fsp3) is 0.643. The fourth-order valence-electron chi connectivity index (χ4n) is 2.02. The molecule has 0 aliphatic carbocycles. The van der Waals surface area contributed by atoms with Crippen molar-refractivity contribution in [3.63, 3.8) is 0 Å². The summed E-state index contributed by atoms with van der Waals surface area (Å²) in [7, 11) is 0. The molecule has 0 N–H and O–H groups in total. The molecule has 6 nitrogen and oxygen atoms in total. The van der Waals surface area contributed by atoms with Crippen LogP contribution in [0.1, 0.15) is 27.2 Å². The number of amides is 1. The zero-order valence-electron chi connectivity index (χ0n) is 12.2. The van der Waals surface area contributed by atoms with Crippen LogP contribution in [0.25, 0.3) is 0 Å². The van der Waals surface area contributed by atoms with Gasteiger partial charge in [0.1, 0.15) is 5.60 Å². The molecule has 0 bridgehead atoms. The molecule has 1 amide bonds. The van der Waals surface area contributed by atoms with E-state index in [0.29, 0.717) is 31.5 Å². The van der Waals surface area contributed by atoms with E-state index in [4.69, 9.17) is 9.47 Å². The quantitative estimate of drug-likeness (QED) is 0.848. The van der Waals surface area contributed by atoms with E-state index < -0.39 is 5.60 Å². The molecule has 1 fully saturated rings. The van der Waals surface area contributed by atoms with Gasteiger partial charge in [-0.05, 0) is 27.2 Å². The van der Waals surface area contributed by atoms with Crippen LogP contribution in [0.5, 0.6) is 5.88 Å². The van der Waals surface area contributed by atoms with E-state index in [1.807, 2.05) is 20.8 Å². The van der Waals surface area contributed by atoms with Crippen molar-refractivity contribution in [1.82, 2.24) is 14.9 Å². The van der Waals surface area contributed by atoms with Gasteiger partial charge in [-0.1, -0.05) is 0 Å². The second-order valence-electron chi connectivity index (χ2n) is 5.94. The highest BCUT2D eigenvalue weighted by atomic mass is 16.6. The Bertz CT molecular complexity index is 445. The minimum Gasteiger partial charge on any atom is -0.476 e. The lowest BCUT2D eigenvalue weighted by atomic mass is 10.1. The van der Waals surface area contributed by atoms with Crippen LogP contribution in [0, 0.1) is 5.92 Å². The van der Waals surface area contributed by atoms with Gasteiger partial charge in [-0.3, -0.25) is 4.98 Å². The van der Waals surface area contributed by atoms with Crippen molar-refractivity contribution in [3.8, 4) is 5.88 Å². The second-order valence-corrected chi connectivity index (χ2v) is 5.94. The van der Waals surface area contributed by atoms with Crippen molar-refractivity contribution in [2.75, 3.05) is 19.7 Å². The average molecular weight is 279 g/mol. The summed E-state index contributed by atoms with van der Waals surface area (Å²) >= 11 is 0. The van der Waals surface area contributed by atoms with Gasteiger partial charge in [0.25, 0.3) is 0 Å². The van der Waals surface area contributed by atoms with Gasteiger partial charge in [0.05, 0.1) is 12.8 Å². The first-order chi connectivity index (χ1) is 9.44. The summed E-state index contributed by atoms with van der Waals surface area (Å²) in [6, 6.07) is 0. The monoisotopic (exact) mass is 279 g/mol. The lowest BCUT2D eigenvalue weighted by molar-refractivity contribution is 0.0284. The standard InChI is InChI=1S/C14H21N3O3/c1-14(2,3)20-13(18)17-7-4-11(9-17)10-19-12-8-15-5-6-16-12/h5-6,8,11H,4,7,9-10H2,1-3H3/t11-/m0/s1. The smallest absolute Gasteiger partial charge is 0.410 e. The molecule has 1 aliphatic rings. The van der Waals surface area contributed by atoms with Crippen LogP contribution in [-0.4, -0.2) is 46.3 Å². The van der Waals surface area contributed by atoms with E-state index in [0.717, 1.165) is 6.42 Å². The van der Waals surface area contributed by atoms with Gasteiger partial charge in [-0.25, -0.2) is 9.78 Å². The predicted molar refractivity (Wildman–Crippen MR) is 73.4 cm³/mol. The van der Waals surface area contributed by atoms with Crippen LogP contribution in [0.15, 0.2) is 18.6 Å². The Kier molecular flexibility index (Phi) is 4.42. The molecule has 1 aliphatic heterocycles. The lowest BCUT2D eigenvalue weighted by Crippen LogP contribution is -2.35. The van der Waals surface area contributed by atoms with E-state index in [2.05, 4.69) is 9.97 Å². The highest BCUT2D eigenvalue weighted by Crippen LogP contribution is 2.20. The topological polar surface area (TPSA) is 64.5 Å². The number of ether oxygens (including phenoxy) is 2. The van der Waals surface area contributed by atoms with E-state index in [1.54, 1.807) is 23.5 Å². The summed E-state index contributed by atoms with van der Waals surface area (Å²) in [4.78, 5) is 21.6. The summed E-state index contributed by atoms with van der Waals surface area (Å²) in [6.07, 6.45) is 5.45. The molecule has 0 spiro atoms. The molecule has 1 atom stereocenters. The van der Waals surface area contributed by atoms with Crippen molar-refractivity contribution < 1.29 is 14.3 Å². The number of carbonyl (C=O) groups is 1. The normalized spacial score (nSPS) is 18.9. The molecule has 2 rings (SSSR count). The first-order valence-electron chi connectivity index (χ1n) is 6.81. The minimum atomic E-state index is -0.453. The highest BCUT2D eigenvalue weighted by molar-refractivity contribution is 5.68. The van der Waals surface area contributed by atoms with Gasteiger partial charge in [0.2, 0.25) is 5.88 Å². The lowest BCUT2D eigenvalue weighted by Gasteiger charge is -2.24. The summed E-state index contributed by atoms with van der Waals surface area (Å²) < 4.78 is 10.9. The van der Waals surface area contributed by atoms with Crippen molar-refractivity contribution in [3.05, 3.63) is 18.6 Å². The number of hydrogen-bond donors (Lipinski definition) is 0. The molecule has 110 valence electrons. The molecular formula is C14H21N3O3. The molecule has 6 heteroatoms. The summed E-state index contributed by atoms with van der Waals surface area (Å²) in [6.45, 7) is 7.53. The summed E-state index contributed by atoms with van der Waals surface area (Å²) in [5.41, 5.74) is -0.453. The fourth-order valence-corrected chi connectivity index (χ4v) is 2.02. The van der Waals surface area contributed by atoms with Gasteiger partial charge in [0.15, 0.2) is 0 Å². The van der Waals surface area contributed by atoms with Crippen LogP contribution in [0.4, 0.5) is 4.79 Å². The molecule has 1 aromatic rings. The Balaban J connectivity index is 1.76. The largest absolute Gasteiger partial charge is 0.476 e. The van der Waals surface area contributed by atoms with Crippen molar-refractivity contribution in [1.29, 1.82) is 0 Å². The maximum absolute atomic E-state index is 11.9. The number of likely N-dealkylation sites (tertiary alicyclic amines) is 1. The maximum atomic E-state index is 11.9. The predicted octanol–water partition coefficient (Wildman–Crippen LogP) is 2.11. The minimum absolute atomic E-state index is 0.250. The first kappa shape index (κ1) is 14.6. The zero-order valence-corrected chi connectivity index (χ0v) is 12.2. The first-order valence-corrected chi connectivity index (χ1v) is 6.81. The molecule has 1 saturated heterocycles. The Morgan fingerprint density at radius 2 is 2.25 bits per heavy atom. The Hall–Kier alpha value is -1.85. The highest BCUT2D eigenvalue weighted by Gasteiger charge is 2.30. The van der Waals surface area contributed by atoms with Gasteiger partial charge in [-0.15, -0.1) is 0 Å². The summed E-state index contributed by atoms with van der Waals surface area (Å²) in [5, 5.41) is 0. The van der Waals surface area contributed by atoms with Crippen LogP contribution in [0.3, 0.4) is 0 Å². The molecule has 0 aromatic carbocycles. The number of rotatable bonds is 3. The molecule has 2 heterocycles. The van der Waals surface area contributed by atoms with E-state index >= 15 is 0 Å². The second kappa shape index (κ2) is 6.07. The van der Waals surface area contributed by atoms with Gasteiger partial charge in [0, 0.05) is 31.4 Å². The van der Waals surface area contributed by atoms with Crippen molar-refractivity contribution in [2.24, 2.45) is 5.92 Å². The van der Waals surface area contributed by atoms with E-state index in [-0.39, 0.29) is 6.09 Å². The Morgan fingerprint density at radius 1 is 1.45 bits per heavy atom. The van der Waals surface area contributed by atoms with Crippen LogP contribution in [0.2, 0.25) is 0 Å². The van der Waals surface area contributed by atoms with Crippen LogP contribution < -0.4 is 4.74 Å². The molecule has 0 radical (unpaired) electrons. The van der Waals surface area contributed by atoms with Crippen LogP contribution in [-0.2, 0) is 4.74 Å². The number of hydrogen-bond acceptors (Lipinski definition) is 5. The molecule has 20 heavy (non-hydrogen) atoms. The number of carbonyl (C=O) groups excluding carboxylic acids is 1. The third-order valence-electron chi connectivity index (χ3n) is 2.94. The zero-order chi connectivity index (χ0) is 14.6.